The van der Waals surface area contributed by atoms with Gasteiger partial charge >= 0.3 is 11.6 Å². The molecule has 0 fully saturated rings. The lowest BCUT2D eigenvalue weighted by Crippen LogP contribution is -2.30. The van der Waals surface area contributed by atoms with E-state index in [-0.39, 0.29) is 19.1 Å². The van der Waals surface area contributed by atoms with E-state index in [0.717, 1.165) is 4.47 Å². The molecule has 7 heteroatoms. The molecule has 1 heterocycles. The molecule has 0 spiro atoms. The highest BCUT2D eigenvalue weighted by atomic mass is 79.9. The molecule has 3 aromatic rings. The predicted octanol–water partition coefficient (Wildman–Crippen LogP) is 3.03. The maximum absolute atomic E-state index is 11.9. The number of nitrogens with one attached hydrogen (secondary N) is 1. The van der Waals surface area contributed by atoms with Crippen LogP contribution in [-0.4, -0.2) is 18.4 Å². The van der Waals surface area contributed by atoms with E-state index in [9.17, 15) is 14.4 Å². The van der Waals surface area contributed by atoms with Gasteiger partial charge in [-0.2, -0.15) is 0 Å². The van der Waals surface area contributed by atoms with Crippen LogP contribution in [0.2, 0.25) is 0 Å². The first kappa shape index (κ1) is 17.9. The summed E-state index contributed by atoms with van der Waals surface area (Å²) in [5.41, 5.74) is 0.860. The molecule has 0 aliphatic heterocycles. The molecule has 1 N–H and O–H groups in total. The number of rotatable bonds is 5. The third kappa shape index (κ3) is 4.37. The number of amides is 1. The van der Waals surface area contributed by atoms with Crippen molar-refractivity contribution in [3.8, 4) is 0 Å². The molecule has 0 saturated carbocycles. The molecule has 6 nitrogen and oxygen atoms in total. The summed E-state index contributed by atoms with van der Waals surface area (Å²) in [6.07, 6.45) is 0. The minimum Gasteiger partial charge on any atom is -0.459 e. The van der Waals surface area contributed by atoms with Crippen LogP contribution in [0.1, 0.15) is 15.9 Å². The Morgan fingerprint density at radius 2 is 1.85 bits per heavy atom. The summed E-state index contributed by atoms with van der Waals surface area (Å²) in [6.45, 7) is -0.359. The van der Waals surface area contributed by atoms with E-state index >= 15 is 0 Å². The van der Waals surface area contributed by atoms with Crippen LogP contribution in [0.25, 0.3) is 11.0 Å². The van der Waals surface area contributed by atoms with Gasteiger partial charge in [-0.1, -0.05) is 34.1 Å². The van der Waals surface area contributed by atoms with Crippen molar-refractivity contribution in [2.45, 2.75) is 6.61 Å². The number of esters is 1. The minimum absolute atomic E-state index is 0.0935. The summed E-state index contributed by atoms with van der Waals surface area (Å²) in [5, 5.41) is 3.17. The van der Waals surface area contributed by atoms with Gasteiger partial charge in [-0.05, 0) is 30.3 Å². The Morgan fingerprint density at radius 3 is 2.62 bits per heavy atom. The second-order valence-electron chi connectivity index (χ2n) is 5.44. The van der Waals surface area contributed by atoms with E-state index in [1.807, 2.05) is 0 Å². The first-order valence-electron chi connectivity index (χ1n) is 7.74. The van der Waals surface area contributed by atoms with Crippen molar-refractivity contribution in [2.24, 2.45) is 0 Å². The van der Waals surface area contributed by atoms with Gasteiger partial charge in [0.05, 0.1) is 0 Å². The number of carbonyl (C=O) groups is 2. The van der Waals surface area contributed by atoms with E-state index in [0.29, 0.717) is 22.1 Å². The number of hydrogen-bond donors (Lipinski definition) is 1. The molecule has 132 valence electrons. The summed E-state index contributed by atoms with van der Waals surface area (Å²) < 4.78 is 11.1. The van der Waals surface area contributed by atoms with E-state index < -0.39 is 11.6 Å². The average molecular weight is 416 g/mol. The summed E-state index contributed by atoms with van der Waals surface area (Å²) in [5.74, 6) is -0.967. The van der Waals surface area contributed by atoms with Crippen LogP contribution in [0.3, 0.4) is 0 Å². The number of halogens is 1. The van der Waals surface area contributed by atoms with E-state index in [1.165, 1.54) is 6.07 Å². The largest absolute Gasteiger partial charge is 0.459 e. The van der Waals surface area contributed by atoms with Crippen molar-refractivity contribution in [3.63, 3.8) is 0 Å². The van der Waals surface area contributed by atoms with Crippen molar-refractivity contribution in [1.29, 1.82) is 0 Å². The highest BCUT2D eigenvalue weighted by Gasteiger charge is 2.11. The first-order chi connectivity index (χ1) is 12.5. The molecule has 1 amide bonds. The zero-order valence-electron chi connectivity index (χ0n) is 13.5. The minimum atomic E-state index is -0.604. The Labute approximate surface area is 156 Å². The Hall–Kier alpha value is -2.93. The van der Waals surface area contributed by atoms with Crippen LogP contribution in [0.15, 0.2) is 68.3 Å². The highest BCUT2D eigenvalue weighted by Crippen LogP contribution is 2.22. The quantitative estimate of drug-likeness (QED) is 0.511. The van der Waals surface area contributed by atoms with Gasteiger partial charge in [0.1, 0.15) is 18.7 Å². The van der Waals surface area contributed by atoms with Crippen LogP contribution in [0, 0.1) is 0 Å². The molecule has 2 aromatic carbocycles. The average Bonchev–Trinajstić information content (AvgIpc) is 2.64. The number of fused-ring (bicyclic) bond motifs is 1. The van der Waals surface area contributed by atoms with Gasteiger partial charge in [0.2, 0.25) is 0 Å². The van der Waals surface area contributed by atoms with Crippen molar-refractivity contribution in [2.75, 3.05) is 6.54 Å². The molecular formula is C19H14BrNO5. The molecule has 0 aliphatic carbocycles. The van der Waals surface area contributed by atoms with Crippen LogP contribution >= 0.6 is 15.9 Å². The summed E-state index contributed by atoms with van der Waals surface area (Å²) in [4.78, 5) is 35.4. The fourth-order valence-electron chi connectivity index (χ4n) is 2.38. The number of benzene rings is 2. The van der Waals surface area contributed by atoms with Crippen LogP contribution in [0.4, 0.5) is 0 Å². The molecule has 0 saturated heterocycles. The van der Waals surface area contributed by atoms with Gasteiger partial charge in [-0.15, -0.1) is 0 Å². The molecule has 1 aromatic heterocycles. The normalized spacial score (nSPS) is 10.5. The van der Waals surface area contributed by atoms with Gasteiger partial charge in [0.25, 0.3) is 5.91 Å². The van der Waals surface area contributed by atoms with Gasteiger partial charge in [0, 0.05) is 27.1 Å². The lowest BCUT2D eigenvalue weighted by molar-refractivity contribution is -0.143. The first-order valence-corrected chi connectivity index (χ1v) is 8.53. The number of carbonyl (C=O) groups excluding carboxylic acids is 2. The Kier molecular flexibility index (Phi) is 5.48. The van der Waals surface area contributed by atoms with Crippen molar-refractivity contribution >= 4 is 38.8 Å². The molecular weight excluding hydrogens is 402 g/mol. The zero-order valence-corrected chi connectivity index (χ0v) is 15.1. The molecule has 26 heavy (non-hydrogen) atoms. The van der Waals surface area contributed by atoms with Gasteiger partial charge in [0.15, 0.2) is 0 Å². The van der Waals surface area contributed by atoms with Gasteiger partial charge in [-0.3, -0.25) is 9.59 Å². The van der Waals surface area contributed by atoms with Crippen LogP contribution < -0.4 is 10.9 Å². The lowest BCUT2D eigenvalue weighted by Gasteiger charge is -2.08. The fourth-order valence-corrected chi connectivity index (χ4v) is 2.72. The van der Waals surface area contributed by atoms with E-state index in [1.54, 1.807) is 48.5 Å². The zero-order chi connectivity index (χ0) is 18.5. The summed E-state index contributed by atoms with van der Waals surface area (Å²) >= 11 is 3.31. The molecule has 0 unspecified atom stereocenters. The van der Waals surface area contributed by atoms with Gasteiger partial charge < -0.3 is 14.5 Å². The topological polar surface area (TPSA) is 85.6 Å². The molecule has 3 rings (SSSR count). The third-order valence-electron chi connectivity index (χ3n) is 3.61. The SMILES string of the molecule is O=C(CNC(=O)c1ccccc1)OCc1cc(=O)oc2cc(Br)ccc12. The van der Waals surface area contributed by atoms with Crippen molar-refractivity contribution in [1.82, 2.24) is 5.32 Å². The monoisotopic (exact) mass is 415 g/mol. The van der Waals surface area contributed by atoms with E-state index in [4.69, 9.17) is 9.15 Å². The molecule has 0 radical (unpaired) electrons. The number of hydrogen-bond acceptors (Lipinski definition) is 5. The standard InChI is InChI=1S/C19H14BrNO5/c20-14-6-7-15-13(8-17(22)26-16(15)9-14)11-25-18(23)10-21-19(24)12-4-2-1-3-5-12/h1-9H,10-11H2,(H,21,24). The summed E-state index contributed by atoms with van der Waals surface area (Å²) in [7, 11) is 0. The fraction of sp³-hybridized carbons (Fsp3) is 0.105. The summed E-state index contributed by atoms with van der Waals surface area (Å²) in [6, 6.07) is 15.1. The second-order valence-corrected chi connectivity index (χ2v) is 6.36. The second kappa shape index (κ2) is 7.97. The Bertz CT molecular complexity index is 1010. The molecule has 0 atom stereocenters. The van der Waals surface area contributed by atoms with Crippen LogP contribution in [-0.2, 0) is 16.1 Å². The lowest BCUT2D eigenvalue weighted by atomic mass is 10.1. The third-order valence-corrected chi connectivity index (χ3v) is 4.10. The predicted molar refractivity (Wildman–Crippen MR) is 98.8 cm³/mol. The van der Waals surface area contributed by atoms with Crippen LogP contribution in [0.5, 0.6) is 0 Å². The Balaban J connectivity index is 1.62. The maximum Gasteiger partial charge on any atom is 0.336 e. The smallest absolute Gasteiger partial charge is 0.336 e. The maximum atomic E-state index is 11.9. The van der Waals surface area contributed by atoms with Gasteiger partial charge in [-0.25, -0.2) is 4.79 Å². The highest BCUT2D eigenvalue weighted by molar-refractivity contribution is 9.10. The van der Waals surface area contributed by atoms with Crippen molar-refractivity contribution in [3.05, 3.63) is 80.6 Å². The Morgan fingerprint density at radius 1 is 1.08 bits per heavy atom. The number of ether oxygens (including phenoxy) is 1. The molecule has 0 aliphatic rings. The molecule has 0 bridgehead atoms. The van der Waals surface area contributed by atoms with Crippen molar-refractivity contribution < 1.29 is 18.7 Å². The van der Waals surface area contributed by atoms with E-state index in [2.05, 4.69) is 21.2 Å².